The molecule has 0 spiro atoms. The second kappa shape index (κ2) is 4.82. The molecule has 16 heavy (non-hydrogen) atoms. The number of nitrogens with zero attached hydrogens (tertiary/aromatic N) is 1. The summed E-state index contributed by atoms with van der Waals surface area (Å²) in [6.45, 7) is 7.24. The lowest BCUT2D eigenvalue weighted by Crippen LogP contribution is -2.45. The van der Waals surface area contributed by atoms with Gasteiger partial charge in [-0.15, -0.1) is 0 Å². The SMILES string of the molecule is CC(C)(C)NC(=O)CN1CC[C@H](C(=O)O)C1. The van der Waals surface area contributed by atoms with Crippen molar-refractivity contribution in [3.05, 3.63) is 0 Å². The first-order valence-electron chi connectivity index (χ1n) is 5.54. The summed E-state index contributed by atoms with van der Waals surface area (Å²) < 4.78 is 0. The number of nitrogens with one attached hydrogen (secondary N) is 1. The van der Waals surface area contributed by atoms with Gasteiger partial charge in [0.25, 0.3) is 0 Å². The minimum Gasteiger partial charge on any atom is -0.481 e. The second-order valence-corrected chi connectivity index (χ2v) is 5.36. The highest BCUT2D eigenvalue weighted by molar-refractivity contribution is 5.79. The van der Waals surface area contributed by atoms with Crippen LogP contribution < -0.4 is 5.32 Å². The van der Waals surface area contributed by atoms with E-state index in [-0.39, 0.29) is 17.4 Å². The van der Waals surface area contributed by atoms with Crippen molar-refractivity contribution in [3.8, 4) is 0 Å². The van der Waals surface area contributed by atoms with Gasteiger partial charge < -0.3 is 10.4 Å². The Morgan fingerprint density at radius 2 is 2.06 bits per heavy atom. The van der Waals surface area contributed by atoms with Gasteiger partial charge in [0.1, 0.15) is 0 Å². The predicted molar refractivity (Wildman–Crippen MR) is 60.1 cm³/mol. The van der Waals surface area contributed by atoms with Gasteiger partial charge in [0.05, 0.1) is 12.5 Å². The van der Waals surface area contributed by atoms with Crippen molar-refractivity contribution >= 4 is 11.9 Å². The molecule has 1 atom stereocenters. The van der Waals surface area contributed by atoms with E-state index in [0.29, 0.717) is 26.1 Å². The molecule has 0 aromatic carbocycles. The van der Waals surface area contributed by atoms with Crippen LogP contribution in [0.3, 0.4) is 0 Å². The van der Waals surface area contributed by atoms with Crippen LogP contribution in [-0.2, 0) is 9.59 Å². The molecule has 5 heteroatoms. The van der Waals surface area contributed by atoms with Crippen molar-refractivity contribution in [2.24, 2.45) is 5.92 Å². The van der Waals surface area contributed by atoms with Gasteiger partial charge in [0.15, 0.2) is 0 Å². The van der Waals surface area contributed by atoms with Crippen molar-refractivity contribution in [1.29, 1.82) is 0 Å². The Balaban J connectivity index is 2.34. The first-order chi connectivity index (χ1) is 7.28. The molecule has 1 rings (SSSR count). The van der Waals surface area contributed by atoms with Gasteiger partial charge >= 0.3 is 5.97 Å². The zero-order valence-corrected chi connectivity index (χ0v) is 10.1. The van der Waals surface area contributed by atoms with E-state index in [2.05, 4.69) is 5.32 Å². The van der Waals surface area contributed by atoms with Gasteiger partial charge in [0.2, 0.25) is 5.91 Å². The lowest BCUT2D eigenvalue weighted by molar-refractivity contribution is -0.141. The Hall–Kier alpha value is -1.10. The average Bonchev–Trinajstić information content (AvgIpc) is 2.48. The second-order valence-electron chi connectivity index (χ2n) is 5.36. The van der Waals surface area contributed by atoms with Crippen LogP contribution in [0, 0.1) is 5.92 Å². The molecule has 0 aromatic rings. The average molecular weight is 228 g/mol. The van der Waals surface area contributed by atoms with Gasteiger partial charge in [0, 0.05) is 12.1 Å². The fraction of sp³-hybridized carbons (Fsp3) is 0.818. The zero-order chi connectivity index (χ0) is 12.3. The third-order valence-corrected chi connectivity index (χ3v) is 2.50. The normalized spacial score (nSPS) is 22.1. The number of carboxylic acids is 1. The molecule has 0 aliphatic carbocycles. The van der Waals surface area contributed by atoms with Gasteiger partial charge in [-0.2, -0.15) is 0 Å². The number of aliphatic carboxylic acids is 1. The summed E-state index contributed by atoms with van der Waals surface area (Å²) >= 11 is 0. The third-order valence-electron chi connectivity index (χ3n) is 2.50. The van der Waals surface area contributed by atoms with Crippen LogP contribution in [0.5, 0.6) is 0 Å². The maximum Gasteiger partial charge on any atom is 0.307 e. The van der Waals surface area contributed by atoms with Crippen LogP contribution in [0.4, 0.5) is 0 Å². The van der Waals surface area contributed by atoms with Crippen molar-refractivity contribution in [2.45, 2.75) is 32.7 Å². The number of rotatable bonds is 3. The Bertz CT molecular complexity index is 283. The lowest BCUT2D eigenvalue weighted by Gasteiger charge is -2.23. The number of amides is 1. The van der Waals surface area contributed by atoms with Crippen LogP contribution in [0.2, 0.25) is 0 Å². The summed E-state index contributed by atoms with van der Waals surface area (Å²) in [5.41, 5.74) is -0.233. The van der Waals surface area contributed by atoms with Crippen LogP contribution in [-0.4, -0.2) is 47.1 Å². The van der Waals surface area contributed by atoms with Gasteiger partial charge in [-0.1, -0.05) is 0 Å². The number of hydrogen-bond acceptors (Lipinski definition) is 3. The summed E-state index contributed by atoms with van der Waals surface area (Å²) in [5.74, 6) is -1.13. The topological polar surface area (TPSA) is 69.6 Å². The van der Waals surface area contributed by atoms with E-state index in [1.54, 1.807) is 0 Å². The van der Waals surface area contributed by atoms with Gasteiger partial charge in [-0.3, -0.25) is 14.5 Å². The summed E-state index contributed by atoms with van der Waals surface area (Å²) in [5, 5.41) is 11.7. The van der Waals surface area contributed by atoms with E-state index in [1.165, 1.54) is 0 Å². The zero-order valence-electron chi connectivity index (χ0n) is 10.1. The minimum absolute atomic E-state index is 0.0430. The lowest BCUT2D eigenvalue weighted by atomic mass is 10.1. The first kappa shape index (κ1) is 13.0. The standard InChI is InChI=1S/C11H20N2O3/c1-11(2,3)12-9(14)7-13-5-4-8(6-13)10(15)16/h8H,4-7H2,1-3H3,(H,12,14)(H,15,16)/t8-/m0/s1. The molecule has 0 radical (unpaired) electrons. The largest absolute Gasteiger partial charge is 0.481 e. The highest BCUT2D eigenvalue weighted by atomic mass is 16.4. The van der Waals surface area contributed by atoms with Crippen LogP contribution >= 0.6 is 0 Å². The molecule has 0 saturated carbocycles. The fourth-order valence-electron chi connectivity index (χ4n) is 1.84. The molecule has 1 fully saturated rings. The van der Waals surface area contributed by atoms with Crippen LogP contribution in [0.15, 0.2) is 0 Å². The first-order valence-corrected chi connectivity index (χ1v) is 5.54. The smallest absolute Gasteiger partial charge is 0.307 e. The quantitative estimate of drug-likeness (QED) is 0.729. The van der Waals surface area contributed by atoms with E-state index >= 15 is 0 Å². The maximum atomic E-state index is 11.6. The summed E-state index contributed by atoms with van der Waals surface area (Å²) in [7, 11) is 0. The van der Waals surface area contributed by atoms with Gasteiger partial charge in [-0.25, -0.2) is 0 Å². The molecular weight excluding hydrogens is 208 g/mol. The van der Waals surface area contributed by atoms with E-state index in [0.717, 1.165) is 0 Å². The van der Waals surface area contributed by atoms with Crippen molar-refractivity contribution in [3.63, 3.8) is 0 Å². The number of carbonyl (C=O) groups is 2. The Morgan fingerprint density at radius 3 is 2.50 bits per heavy atom. The van der Waals surface area contributed by atoms with E-state index in [1.807, 2.05) is 25.7 Å². The Morgan fingerprint density at radius 1 is 1.44 bits per heavy atom. The monoisotopic (exact) mass is 228 g/mol. The number of likely N-dealkylation sites (tertiary alicyclic amines) is 1. The Kier molecular flexibility index (Phi) is 3.91. The molecule has 1 aliphatic rings. The summed E-state index contributed by atoms with van der Waals surface area (Å²) in [4.78, 5) is 24.2. The highest BCUT2D eigenvalue weighted by Gasteiger charge is 2.29. The van der Waals surface area contributed by atoms with Crippen LogP contribution in [0.25, 0.3) is 0 Å². The molecule has 2 N–H and O–H groups in total. The van der Waals surface area contributed by atoms with Crippen molar-refractivity contribution in [1.82, 2.24) is 10.2 Å². The molecule has 1 heterocycles. The third kappa shape index (κ3) is 4.18. The highest BCUT2D eigenvalue weighted by Crippen LogP contribution is 2.15. The molecule has 92 valence electrons. The molecule has 0 unspecified atom stereocenters. The fourth-order valence-corrected chi connectivity index (χ4v) is 1.84. The molecule has 5 nitrogen and oxygen atoms in total. The van der Waals surface area contributed by atoms with E-state index in [9.17, 15) is 9.59 Å². The predicted octanol–water partition coefficient (Wildman–Crippen LogP) is 0.308. The molecule has 1 amide bonds. The van der Waals surface area contributed by atoms with Crippen molar-refractivity contribution in [2.75, 3.05) is 19.6 Å². The summed E-state index contributed by atoms with van der Waals surface area (Å²) in [6.07, 6.45) is 0.637. The number of hydrogen-bond donors (Lipinski definition) is 2. The van der Waals surface area contributed by atoms with Gasteiger partial charge in [-0.05, 0) is 33.7 Å². The van der Waals surface area contributed by atoms with E-state index in [4.69, 9.17) is 5.11 Å². The Labute approximate surface area is 95.8 Å². The number of carboxylic acid groups (broad SMARTS) is 1. The molecule has 0 aromatic heterocycles. The minimum atomic E-state index is -0.765. The van der Waals surface area contributed by atoms with E-state index < -0.39 is 5.97 Å². The molecule has 1 saturated heterocycles. The van der Waals surface area contributed by atoms with Crippen LogP contribution in [0.1, 0.15) is 27.2 Å². The molecule has 1 aliphatic heterocycles. The van der Waals surface area contributed by atoms with Crippen molar-refractivity contribution < 1.29 is 14.7 Å². The molecule has 0 bridgehead atoms. The maximum absolute atomic E-state index is 11.6. The molecular formula is C11H20N2O3. The number of carbonyl (C=O) groups excluding carboxylic acids is 1. The summed E-state index contributed by atoms with van der Waals surface area (Å²) in [6, 6.07) is 0.